The molecule has 4 rings (SSSR count). The molecule has 126 valence electrons. The van der Waals surface area contributed by atoms with Gasteiger partial charge in [-0.1, -0.05) is 24.3 Å². The first-order valence-corrected chi connectivity index (χ1v) is 9.01. The zero-order chi connectivity index (χ0) is 17.2. The Morgan fingerprint density at radius 2 is 2.04 bits per heavy atom. The molecule has 0 amide bonds. The molecule has 0 aliphatic heterocycles. The van der Waals surface area contributed by atoms with Crippen LogP contribution in [0.15, 0.2) is 57.7 Å². The number of fused-ring (bicyclic) bond motifs is 3. The quantitative estimate of drug-likeness (QED) is 0.585. The van der Waals surface area contributed by atoms with Gasteiger partial charge < -0.3 is 14.1 Å². The minimum Gasteiger partial charge on any atom is -0.497 e. The van der Waals surface area contributed by atoms with Crippen molar-refractivity contribution < 1.29 is 9.15 Å². The van der Waals surface area contributed by atoms with Crippen LogP contribution in [0, 0.1) is 0 Å². The standard InChI is InChI=1S/C19H16N2O3S/c1-23-13-6-4-5-12(9-13)10-25-11-16-20-17-14-7-2-3-8-15(14)24-18(17)19(22)21-16/h2-9H,10-11H2,1H3,(H,20,21,22). The van der Waals surface area contributed by atoms with Gasteiger partial charge in [0.2, 0.25) is 5.58 Å². The molecule has 4 aromatic rings. The number of thioether (sulfide) groups is 1. The lowest BCUT2D eigenvalue weighted by Crippen LogP contribution is -2.10. The van der Waals surface area contributed by atoms with E-state index in [1.807, 2.05) is 42.5 Å². The largest absolute Gasteiger partial charge is 0.497 e. The number of benzene rings is 2. The number of hydrogen-bond donors (Lipinski definition) is 1. The molecule has 5 nitrogen and oxygen atoms in total. The van der Waals surface area contributed by atoms with Crippen molar-refractivity contribution in [1.29, 1.82) is 0 Å². The summed E-state index contributed by atoms with van der Waals surface area (Å²) in [5.41, 5.74) is 2.51. The number of aromatic nitrogens is 2. The number of nitrogens with zero attached hydrogens (tertiary/aromatic N) is 1. The van der Waals surface area contributed by atoms with E-state index in [1.54, 1.807) is 18.9 Å². The van der Waals surface area contributed by atoms with E-state index in [9.17, 15) is 4.79 Å². The smallest absolute Gasteiger partial charge is 0.294 e. The van der Waals surface area contributed by atoms with E-state index in [4.69, 9.17) is 9.15 Å². The third-order valence-corrected chi connectivity index (χ3v) is 4.94. The molecule has 0 fully saturated rings. The van der Waals surface area contributed by atoms with Gasteiger partial charge in [0, 0.05) is 11.1 Å². The van der Waals surface area contributed by atoms with Crippen LogP contribution in [0.2, 0.25) is 0 Å². The maximum Gasteiger partial charge on any atom is 0.294 e. The second kappa shape index (κ2) is 6.64. The molecular weight excluding hydrogens is 336 g/mol. The minimum atomic E-state index is -0.238. The molecule has 0 aliphatic carbocycles. The molecule has 1 N–H and O–H groups in total. The van der Waals surface area contributed by atoms with Gasteiger partial charge in [0.25, 0.3) is 5.56 Å². The Balaban J connectivity index is 1.57. The van der Waals surface area contributed by atoms with Crippen LogP contribution in [0.25, 0.3) is 22.1 Å². The molecule has 0 bridgehead atoms. The van der Waals surface area contributed by atoms with E-state index in [1.165, 1.54) is 5.56 Å². The molecule has 6 heteroatoms. The summed E-state index contributed by atoms with van der Waals surface area (Å²) >= 11 is 1.69. The van der Waals surface area contributed by atoms with Crippen molar-refractivity contribution in [3.05, 3.63) is 70.3 Å². The number of ether oxygens (including phenoxy) is 1. The molecule has 0 atom stereocenters. The number of H-pyrrole nitrogens is 1. The Morgan fingerprint density at radius 3 is 2.92 bits per heavy atom. The summed E-state index contributed by atoms with van der Waals surface area (Å²) in [4.78, 5) is 19.7. The second-order valence-electron chi connectivity index (χ2n) is 5.63. The molecule has 2 aromatic carbocycles. The number of hydrogen-bond acceptors (Lipinski definition) is 5. The molecule has 0 unspecified atom stereocenters. The van der Waals surface area contributed by atoms with Gasteiger partial charge in [-0.3, -0.25) is 4.79 Å². The molecule has 0 aliphatic rings. The average molecular weight is 352 g/mol. The number of para-hydroxylation sites is 1. The number of rotatable bonds is 5. The molecule has 2 heterocycles. The fourth-order valence-corrected chi connectivity index (χ4v) is 3.59. The van der Waals surface area contributed by atoms with Crippen molar-refractivity contribution in [3.63, 3.8) is 0 Å². The summed E-state index contributed by atoms with van der Waals surface area (Å²) in [6.45, 7) is 0. The molecule has 25 heavy (non-hydrogen) atoms. The summed E-state index contributed by atoms with van der Waals surface area (Å²) in [5.74, 6) is 2.92. The van der Waals surface area contributed by atoms with Crippen LogP contribution in [-0.4, -0.2) is 17.1 Å². The van der Waals surface area contributed by atoms with Crippen molar-refractivity contribution in [2.45, 2.75) is 11.5 Å². The third-order valence-electron chi connectivity index (χ3n) is 3.92. The Hall–Kier alpha value is -2.73. The average Bonchev–Trinajstić information content (AvgIpc) is 3.01. The lowest BCUT2D eigenvalue weighted by Gasteiger charge is -2.04. The van der Waals surface area contributed by atoms with Crippen LogP contribution in [-0.2, 0) is 11.5 Å². The van der Waals surface area contributed by atoms with Crippen molar-refractivity contribution in [2.75, 3.05) is 7.11 Å². The van der Waals surface area contributed by atoms with E-state index in [2.05, 4.69) is 16.0 Å². The summed E-state index contributed by atoms with van der Waals surface area (Å²) in [6.07, 6.45) is 0. The highest BCUT2D eigenvalue weighted by molar-refractivity contribution is 7.97. The van der Waals surface area contributed by atoms with Gasteiger partial charge in [-0.05, 0) is 29.8 Å². The number of methoxy groups -OCH3 is 1. The zero-order valence-electron chi connectivity index (χ0n) is 13.6. The predicted molar refractivity (Wildman–Crippen MR) is 100 cm³/mol. The van der Waals surface area contributed by atoms with Gasteiger partial charge >= 0.3 is 0 Å². The van der Waals surface area contributed by atoms with Crippen LogP contribution in [0.5, 0.6) is 5.75 Å². The zero-order valence-corrected chi connectivity index (χ0v) is 14.4. The van der Waals surface area contributed by atoms with E-state index in [-0.39, 0.29) is 11.1 Å². The third kappa shape index (κ3) is 3.13. The normalized spacial score (nSPS) is 11.2. The maximum absolute atomic E-state index is 12.3. The predicted octanol–water partition coefficient (Wildman–Crippen LogP) is 4.11. The van der Waals surface area contributed by atoms with Crippen molar-refractivity contribution in [1.82, 2.24) is 9.97 Å². The first kappa shape index (κ1) is 15.8. The van der Waals surface area contributed by atoms with Gasteiger partial charge in [0.1, 0.15) is 22.7 Å². The van der Waals surface area contributed by atoms with Gasteiger partial charge in [-0.25, -0.2) is 4.98 Å². The van der Waals surface area contributed by atoms with Gasteiger partial charge in [0.05, 0.1) is 12.9 Å². The molecule has 0 saturated carbocycles. The Kier molecular flexibility index (Phi) is 4.19. The maximum atomic E-state index is 12.3. The van der Waals surface area contributed by atoms with E-state index in [0.717, 1.165) is 16.9 Å². The molecule has 0 spiro atoms. The minimum absolute atomic E-state index is 0.238. The highest BCUT2D eigenvalue weighted by Crippen LogP contribution is 2.25. The van der Waals surface area contributed by atoms with Crippen LogP contribution < -0.4 is 10.3 Å². The summed E-state index contributed by atoms with van der Waals surface area (Å²) in [5, 5.41) is 0.864. The first-order valence-electron chi connectivity index (χ1n) is 7.86. The van der Waals surface area contributed by atoms with Crippen molar-refractivity contribution in [3.8, 4) is 5.75 Å². The number of aromatic amines is 1. The van der Waals surface area contributed by atoms with Gasteiger partial charge in [-0.15, -0.1) is 11.8 Å². The number of nitrogens with one attached hydrogen (secondary N) is 1. The highest BCUT2D eigenvalue weighted by Gasteiger charge is 2.12. The molecule has 0 radical (unpaired) electrons. The van der Waals surface area contributed by atoms with Crippen LogP contribution in [0.4, 0.5) is 0 Å². The Morgan fingerprint density at radius 1 is 1.16 bits per heavy atom. The Labute approximate surface area is 148 Å². The monoisotopic (exact) mass is 352 g/mol. The number of furan rings is 1. The molecular formula is C19H16N2O3S. The summed E-state index contributed by atoms with van der Waals surface area (Å²) < 4.78 is 10.8. The van der Waals surface area contributed by atoms with Crippen molar-refractivity contribution in [2.24, 2.45) is 0 Å². The van der Waals surface area contributed by atoms with Crippen LogP contribution in [0.3, 0.4) is 0 Å². The summed E-state index contributed by atoms with van der Waals surface area (Å²) in [7, 11) is 1.66. The van der Waals surface area contributed by atoms with Crippen LogP contribution >= 0.6 is 11.8 Å². The fraction of sp³-hybridized carbons (Fsp3) is 0.158. The Bertz CT molecular complexity index is 1100. The summed E-state index contributed by atoms with van der Waals surface area (Å²) in [6, 6.07) is 15.5. The fourth-order valence-electron chi connectivity index (χ4n) is 2.74. The second-order valence-corrected chi connectivity index (χ2v) is 6.62. The lowest BCUT2D eigenvalue weighted by molar-refractivity contribution is 0.414. The molecule has 2 aromatic heterocycles. The van der Waals surface area contributed by atoms with Gasteiger partial charge in [-0.2, -0.15) is 0 Å². The van der Waals surface area contributed by atoms with Crippen LogP contribution in [0.1, 0.15) is 11.4 Å². The SMILES string of the molecule is COc1cccc(CSCc2nc3c(oc4ccccc43)c(=O)[nH]2)c1. The molecule has 0 saturated heterocycles. The lowest BCUT2D eigenvalue weighted by atomic mass is 10.2. The van der Waals surface area contributed by atoms with E-state index < -0.39 is 0 Å². The van der Waals surface area contributed by atoms with E-state index in [0.29, 0.717) is 22.7 Å². The first-order chi connectivity index (χ1) is 12.2. The van der Waals surface area contributed by atoms with Gasteiger partial charge in [0.15, 0.2) is 0 Å². The van der Waals surface area contributed by atoms with E-state index >= 15 is 0 Å². The topological polar surface area (TPSA) is 68.1 Å². The highest BCUT2D eigenvalue weighted by atomic mass is 32.2. The van der Waals surface area contributed by atoms with Crippen molar-refractivity contribution >= 4 is 33.8 Å².